The molecule has 0 heterocycles. The van der Waals surface area contributed by atoms with Crippen molar-refractivity contribution in [1.29, 1.82) is 0 Å². The fraction of sp³-hybridized carbons (Fsp3) is 0.111. The van der Waals surface area contributed by atoms with E-state index in [0.717, 1.165) is 12.1 Å². The third-order valence-corrected chi connectivity index (χ3v) is 1.91. The van der Waals surface area contributed by atoms with Crippen LogP contribution >= 0.6 is 11.6 Å². The van der Waals surface area contributed by atoms with Gasteiger partial charge in [-0.3, -0.25) is 4.79 Å². The number of Topliss-reactive ketones (excluding diaryl/α,β-unsaturated/α-hetero) is 1. The summed E-state index contributed by atoms with van der Waals surface area (Å²) >= 11 is 5.30. The van der Waals surface area contributed by atoms with Gasteiger partial charge in [-0.25, -0.2) is 4.79 Å². The predicted octanol–water partition coefficient (Wildman–Crippen LogP) is 1.51. The summed E-state index contributed by atoms with van der Waals surface area (Å²) in [5, 5.41) is 17.8. The zero-order valence-corrected chi connectivity index (χ0v) is 9.24. The molecule has 0 saturated heterocycles. The second-order valence-corrected chi connectivity index (χ2v) is 2.86. The maximum atomic E-state index is 11.1. The van der Waals surface area contributed by atoms with Crippen LogP contribution in [0, 0.1) is 0 Å². The molecule has 0 aliphatic rings. The van der Waals surface area contributed by atoms with Crippen LogP contribution in [0.1, 0.15) is 20.7 Å². The van der Waals surface area contributed by atoms with Crippen LogP contribution in [0.4, 0.5) is 0 Å². The molecule has 4 nitrogen and oxygen atoms in total. The number of rotatable bonds is 3. The average Bonchev–Trinajstić information content (AvgIpc) is 2.17. The smallest absolute Gasteiger partial charge is 0.339 e. The number of hydrogen-bond donors (Lipinski definition) is 2. The molecule has 0 bridgehead atoms. The van der Waals surface area contributed by atoms with Crippen molar-refractivity contribution in [3.8, 4) is 5.75 Å². The largest absolute Gasteiger partial charge is 0.507 e. The van der Waals surface area contributed by atoms with E-state index in [9.17, 15) is 9.59 Å². The molecule has 0 amide bonds. The minimum Gasteiger partial charge on any atom is -0.507 e. The maximum absolute atomic E-state index is 11.1. The molecule has 0 aliphatic heterocycles. The van der Waals surface area contributed by atoms with Crippen molar-refractivity contribution >= 4 is 23.4 Å². The van der Waals surface area contributed by atoms with Gasteiger partial charge in [-0.05, 0) is 18.2 Å². The first kappa shape index (κ1) is 14.0. The van der Waals surface area contributed by atoms with Gasteiger partial charge in [0.1, 0.15) is 11.3 Å². The maximum Gasteiger partial charge on any atom is 0.339 e. The Bertz CT molecular complexity index is 392. The number of carbonyl (C=O) groups excluding carboxylic acids is 1. The summed E-state index contributed by atoms with van der Waals surface area (Å²) in [7, 11) is 0. The van der Waals surface area contributed by atoms with Gasteiger partial charge in [0.15, 0.2) is 5.78 Å². The van der Waals surface area contributed by atoms with Crippen LogP contribution in [-0.2, 0) is 17.1 Å². The summed E-state index contributed by atoms with van der Waals surface area (Å²) < 4.78 is 0. The van der Waals surface area contributed by atoms with Crippen LogP contribution < -0.4 is 0 Å². The molecule has 0 spiro atoms. The van der Waals surface area contributed by atoms with Crippen molar-refractivity contribution in [3.63, 3.8) is 0 Å². The molecule has 1 aromatic rings. The van der Waals surface area contributed by atoms with Crippen LogP contribution in [0.15, 0.2) is 18.2 Å². The first-order valence-electron chi connectivity index (χ1n) is 3.71. The summed E-state index contributed by atoms with van der Waals surface area (Å²) in [6.07, 6.45) is 0. The van der Waals surface area contributed by atoms with E-state index in [2.05, 4.69) is 0 Å². The molecule has 6 heteroatoms. The van der Waals surface area contributed by atoms with E-state index < -0.39 is 5.97 Å². The molecular formula is C9H7ClFeO4. The SMILES string of the molecule is O=C(CCl)c1ccc(O)c(C(=O)O)c1.[Fe]. The number of phenols is 1. The van der Waals surface area contributed by atoms with E-state index in [1.807, 2.05) is 0 Å². The van der Waals surface area contributed by atoms with Gasteiger partial charge in [0.25, 0.3) is 0 Å². The molecule has 82 valence electrons. The molecule has 0 atom stereocenters. The number of aromatic carboxylic acids is 1. The zero-order chi connectivity index (χ0) is 10.7. The number of aromatic hydroxyl groups is 1. The Morgan fingerprint density at radius 2 is 1.93 bits per heavy atom. The van der Waals surface area contributed by atoms with Crippen molar-refractivity contribution in [1.82, 2.24) is 0 Å². The Kier molecular flexibility index (Phi) is 5.36. The average molecular weight is 270 g/mol. The Labute approximate surface area is 101 Å². The first-order chi connectivity index (χ1) is 6.56. The first-order valence-corrected chi connectivity index (χ1v) is 4.25. The van der Waals surface area contributed by atoms with Gasteiger partial charge in [-0.15, -0.1) is 11.6 Å². The summed E-state index contributed by atoms with van der Waals surface area (Å²) in [5.41, 5.74) is -0.129. The van der Waals surface area contributed by atoms with Gasteiger partial charge in [0.05, 0.1) is 5.88 Å². The normalized spacial score (nSPS) is 9.13. The number of alkyl halides is 1. The van der Waals surface area contributed by atoms with E-state index in [1.54, 1.807) is 0 Å². The van der Waals surface area contributed by atoms with Crippen LogP contribution in [-0.4, -0.2) is 27.8 Å². The van der Waals surface area contributed by atoms with Crippen LogP contribution in [0.3, 0.4) is 0 Å². The van der Waals surface area contributed by atoms with Gasteiger partial charge in [0.2, 0.25) is 0 Å². The Morgan fingerprint density at radius 1 is 1.33 bits per heavy atom. The third kappa shape index (κ3) is 3.23. The third-order valence-electron chi connectivity index (χ3n) is 1.67. The molecule has 0 saturated carbocycles. The van der Waals surface area contributed by atoms with Crippen molar-refractivity contribution in [3.05, 3.63) is 29.3 Å². The molecule has 1 rings (SSSR count). The van der Waals surface area contributed by atoms with Crippen molar-refractivity contribution < 1.29 is 36.9 Å². The van der Waals surface area contributed by atoms with E-state index >= 15 is 0 Å². The molecule has 1 aromatic carbocycles. The van der Waals surface area contributed by atoms with Crippen LogP contribution in [0.5, 0.6) is 5.75 Å². The molecule has 0 unspecified atom stereocenters. The molecule has 0 fully saturated rings. The molecule has 15 heavy (non-hydrogen) atoms. The van der Waals surface area contributed by atoms with Gasteiger partial charge in [-0.2, -0.15) is 0 Å². The van der Waals surface area contributed by atoms with Crippen molar-refractivity contribution in [2.45, 2.75) is 0 Å². The second kappa shape index (κ2) is 5.75. The summed E-state index contributed by atoms with van der Waals surface area (Å²) in [6, 6.07) is 3.58. The summed E-state index contributed by atoms with van der Waals surface area (Å²) in [6.45, 7) is 0. The number of carboxylic acids is 1. The van der Waals surface area contributed by atoms with Gasteiger partial charge in [-0.1, -0.05) is 0 Å². The van der Waals surface area contributed by atoms with E-state index in [4.69, 9.17) is 21.8 Å². The number of benzene rings is 1. The van der Waals surface area contributed by atoms with Crippen molar-refractivity contribution in [2.24, 2.45) is 0 Å². The topological polar surface area (TPSA) is 74.6 Å². The minimum atomic E-state index is -1.29. The van der Waals surface area contributed by atoms with E-state index in [1.165, 1.54) is 6.07 Å². The number of carboxylic acid groups (broad SMARTS) is 1. The standard InChI is InChI=1S/C9H7ClO4.Fe/c10-4-8(12)5-1-2-7(11)6(3-5)9(13)14;/h1-3,11H,4H2,(H,13,14);. The van der Waals surface area contributed by atoms with Gasteiger partial charge >= 0.3 is 5.97 Å². The monoisotopic (exact) mass is 270 g/mol. The Morgan fingerprint density at radius 3 is 2.40 bits per heavy atom. The zero-order valence-electron chi connectivity index (χ0n) is 7.38. The molecule has 2 N–H and O–H groups in total. The number of halogens is 1. The molecule has 0 aliphatic carbocycles. The summed E-state index contributed by atoms with van der Waals surface area (Å²) in [4.78, 5) is 21.7. The van der Waals surface area contributed by atoms with Crippen LogP contribution in [0.2, 0.25) is 0 Å². The second-order valence-electron chi connectivity index (χ2n) is 2.59. The fourth-order valence-corrected chi connectivity index (χ4v) is 1.11. The number of hydrogen-bond acceptors (Lipinski definition) is 3. The number of carbonyl (C=O) groups is 2. The molecule has 0 aromatic heterocycles. The molecule has 0 radical (unpaired) electrons. The number of ketones is 1. The predicted molar refractivity (Wildman–Crippen MR) is 50.1 cm³/mol. The van der Waals surface area contributed by atoms with Gasteiger partial charge < -0.3 is 10.2 Å². The van der Waals surface area contributed by atoms with Crippen molar-refractivity contribution in [2.75, 3.05) is 5.88 Å². The summed E-state index contributed by atoms with van der Waals surface area (Å²) in [5.74, 6) is -2.26. The van der Waals surface area contributed by atoms with E-state index in [0.29, 0.717) is 0 Å². The molecular weight excluding hydrogens is 263 g/mol. The Hall–Kier alpha value is -1.03. The Balaban J connectivity index is 0.00000196. The van der Waals surface area contributed by atoms with E-state index in [-0.39, 0.29) is 45.6 Å². The van der Waals surface area contributed by atoms with Crippen LogP contribution in [0.25, 0.3) is 0 Å². The van der Waals surface area contributed by atoms with Gasteiger partial charge in [0, 0.05) is 22.6 Å². The minimum absolute atomic E-state index is 0. The quantitative estimate of drug-likeness (QED) is 0.496. The fourth-order valence-electron chi connectivity index (χ4n) is 0.958.